The Kier molecular flexibility index (Phi) is 10.1. The summed E-state index contributed by atoms with van der Waals surface area (Å²) in [5, 5.41) is 24.7. The number of carbonyl (C=O) groups is 5. The zero-order chi connectivity index (χ0) is 38.2. The summed E-state index contributed by atoms with van der Waals surface area (Å²) in [6.45, 7) is 4.39. The molecule has 0 saturated carbocycles. The van der Waals surface area contributed by atoms with Crippen LogP contribution in [0.15, 0.2) is 42.5 Å². The number of rotatable bonds is 8. The van der Waals surface area contributed by atoms with Gasteiger partial charge in [0.05, 0.1) is 0 Å². The van der Waals surface area contributed by atoms with Gasteiger partial charge in [-0.2, -0.15) is 4.98 Å². The number of likely N-dealkylation sites (tertiary alicyclic amines) is 1. The summed E-state index contributed by atoms with van der Waals surface area (Å²) in [6.07, 6.45) is 5.44. The highest BCUT2D eigenvalue weighted by Gasteiger charge is 2.44. The van der Waals surface area contributed by atoms with Crippen LogP contribution in [0.3, 0.4) is 0 Å². The van der Waals surface area contributed by atoms with Gasteiger partial charge in [0.2, 0.25) is 23.7 Å². The van der Waals surface area contributed by atoms with Crippen LogP contribution in [0.25, 0.3) is 0 Å². The van der Waals surface area contributed by atoms with E-state index in [0.717, 1.165) is 50.1 Å². The van der Waals surface area contributed by atoms with E-state index in [2.05, 4.69) is 47.7 Å². The van der Waals surface area contributed by atoms with Crippen LogP contribution in [0.4, 0.5) is 23.1 Å². The number of nitrogens with zero attached hydrogens (tertiary/aromatic N) is 7. The Morgan fingerprint density at radius 3 is 2.25 bits per heavy atom. The number of hydrogen-bond donors (Lipinski definition) is 4. The summed E-state index contributed by atoms with van der Waals surface area (Å²) in [5.74, 6) is -0.877. The van der Waals surface area contributed by atoms with Crippen molar-refractivity contribution in [3.63, 3.8) is 0 Å². The largest absolute Gasteiger partial charge is 0.371 e. The second-order valence-electron chi connectivity index (χ2n) is 15.2. The number of imide groups is 1. The zero-order valence-corrected chi connectivity index (χ0v) is 30.7. The molecule has 8 rings (SSSR count). The van der Waals surface area contributed by atoms with Crippen molar-refractivity contribution in [3.05, 3.63) is 64.8 Å². The summed E-state index contributed by atoms with van der Waals surface area (Å²) in [5.41, 5.74) is 9.16. The van der Waals surface area contributed by atoms with E-state index in [9.17, 15) is 29.1 Å². The second kappa shape index (κ2) is 15.2. The molecule has 288 valence electrons. The lowest BCUT2D eigenvalue weighted by Gasteiger charge is -2.38. The van der Waals surface area contributed by atoms with E-state index in [1.807, 2.05) is 23.1 Å². The SMILES string of the molecule is NC(=O)c1nnc(N2CCCCC2)nc1Nc1ccc(C2CCN(C(=O)C3CCN(c4ccc5c(c4)C(=O)N(C4CCC(=O)NC4=O)C5O)CC3)CC2)cc1. The quantitative estimate of drug-likeness (QED) is 0.245. The molecule has 2 unspecified atom stereocenters. The Hall–Kier alpha value is -5.64. The molecule has 5 N–H and O–H groups in total. The van der Waals surface area contributed by atoms with E-state index in [1.54, 1.807) is 12.1 Å². The van der Waals surface area contributed by atoms with Crippen LogP contribution >= 0.6 is 0 Å². The predicted molar refractivity (Wildman–Crippen MR) is 201 cm³/mol. The topological polar surface area (TPSA) is 207 Å². The molecular weight excluding hydrogens is 704 g/mol. The summed E-state index contributed by atoms with van der Waals surface area (Å²) in [4.78, 5) is 75.2. The molecule has 16 heteroatoms. The Bertz CT molecular complexity index is 1990. The number of nitrogens with one attached hydrogen (secondary N) is 2. The normalized spacial score (nSPS) is 22.5. The number of nitrogens with two attached hydrogens (primary N) is 1. The van der Waals surface area contributed by atoms with E-state index in [4.69, 9.17) is 5.73 Å². The zero-order valence-electron chi connectivity index (χ0n) is 30.7. The van der Waals surface area contributed by atoms with Crippen molar-refractivity contribution in [3.8, 4) is 0 Å². The van der Waals surface area contributed by atoms with Gasteiger partial charge in [0.15, 0.2) is 17.7 Å². The number of anilines is 4. The summed E-state index contributed by atoms with van der Waals surface area (Å²) < 4.78 is 0. The number of aliphatic hydroxyl groups excluding tert-OH is 1. The van der Waals surface area contributed by atoms with Crippen molar-refractivity contribution in [1.82, 2.24) is 30.3 Å². The van der Waals surface area contributed by atoms with Crippen molar-refractivity contribution in [1.29, 1.82) is 0 Å². The van der Waals surface area contributed by atoms with Crippen molar-refractivity contribution >= 4 is 52.7 Å². The molecule has 4 fully saturated rings. The Labute approximate surface area is 318 Å². The molecular formula is C39H46N10O6. The molecule has 16 nitrogen and oxygen atoms in total. The van der Waals surface area contributed by atoms with Gasteiger partial charge in [-0.3, -0.25) is 34.2 Å². The van der Waals surface area contributed by atoms with E-state index in [1.165, 1.54) is 16.9 Å². The molecule has 5 aliphatic rings. The first-order valence-corrected chi connectivity index (χ1v) is 19.3. The lowest BCUT2D eigenvalue weighted by atomic mass is 9.88. The first kappa shape index (κ1) is 36.3. The molecule has 3 aromatic rings. The predicted octanol–water partition coefficient (Wildman–Crippen LogP) is 2.58. The maximum atomic E-state index is 13.6. The Morgan fingerprint density at radius 1 is 0.836 bits per heavy atom. The number of amides is 5. The fourth-order valence-corrected chi connectivity index (χ4v) is 8.66. The molecule has 0 spiro atoms. The van der Waals surface area contributed by atoms with Gasteiger partial charge in [0, 0.05) is 74.1 Å². The number of hydrogen-bond acceptors (Lipinski definition) is 12. The van der Waals surface area contributed by atoms with Crippen molar-refractivity contribution < 1.29 is 29.1 Å². The van der Waals surface area contributed by atoms with Gasteiger partial charge in [0.1, 0.15) is 6.04 Å². The van der Waals surface area contributed by atoms with E-state index in [-0.39, 0.29) is 42.1 Å². The second-order valence-corrected chi connectivity index (χ2v) is 15.2. The van der Waals surface area contributed by atoms with Crippen molar-refractivity contribution in [2.45, 2.75) is 76.0 Å². The molecule has 55 heavy (non-hydrogen) atoms. The number of primary amides is 1. The van der Waals surface area contributed by atoms with Gasteiger partial charge in [-0.05, 0) is 87.1 Å². The van der Waals surface area contributed by atoms with Crippen LogP contribution in [0.1, 0.15) is 102 Å². The summed E-state index contributed by atoms with van der Waals surface area (Å²) in [7, 11) is 0. The molecule has 5 amide bonds. The first-order chi connectivity index (χ1) is 26.6. The molecule has 5 aliphatic heterocycles. The average molecular weight is 751 g/mol. The lowest BCUT2D eigenvalue weighted by molar-refractivity contribution is -0.140. The molecule has 2 atom stereocenters. The number of fused-ring (bicyclic) bond motifs is 1. The van der Waals surface area contributed by atoms with E-state index >= 15 is 0 Å². The number of aromatic nitrogens is 3. The Balaban J connectivity index is 0.831. The highest BCUT2D eigenvalue weighted by molar-refractivity contribution is 6.06. The van der Waals surface area contributed by atoms with Crippen molar-refractivity contribution in [2.75, 3.05) is 54.4 Å². The minimum absolute atomic E-state index is 0.00639. The minimum atomic E-state index is -1.26. The fourth-order valence-electron chi connectivity index (χ4n) is 8.66. The third-order valence-electron chi connectivity index (χ3n) is 11.8. The third kappa shape index (κ3) is 7.30. The average Bonchev–Trinajstić information content (AvgIpc) is 3.46. The standard InChI is InChI=1S/C39H46N10O6/c40-33(51)32-34(43-39(45-44-32)48-16-2-1-3-17-48)41-26-6-4-23(5-7-26)24-12-20-47(21-13-24)36(53)25-14-18-46(19-15-25)27-8-9-28-29(22-27)38(55)49(37(28)54)30-10-11-31(50)42-35(30)52/h4-9,22,24-25,30,37,54H,1-3,10-21H2,(H2,40,51)(H,41,43,45)(H,42,50,52). The van der Waals surface area contributed by atoms with Crippen LogP contribution in [0.5, 0.6) is 0 Å². The highest BCUT2D eigenvalue weighted by Crippen LogP contribution is 2.38. The fraction of sp³-hybridized carbons (Fsp3) is 0.487. The molecule has 4 saturated heterocycles. The maximum absolute atomic E-state index is 13.6. The van der Waals surface area contributed by atoms with Crippen LogP contribution in [-0.2, 0) is 14.4 Å². The van der Waals surface area contributed by atoms with Crippen LogP contribution in [0, 0.1) is 5.92 Å². The van der Waals surface area contributed by atoms with Gasteiger partial charge >= 0.3 is 0 Å². The number of aliphatic hydroxyl groups is 1. The lowest BCUT2D eigenvalue weighted by Crippen LogP contribution is -2.53. The molecule has 0 bridgehead atoms. The van der Waals surface area contributed by atoms with Gasteiger partial charge in [0.25, 0.3) is 11.8 Å². The molecule has 6 heterocycles. The monoisotopic (exact) mass is 750 g/mol. The van der Waals surface area contributed by atoms with E-state index < -0.39 is 30.0 Å². The summed E-state index contributed by atoms with van der Waals surface area (Å²) >= 11 is 0. The molecule has 0 aliphatic carbocycles. The van der Waals surface area contributed by atoms with Crippen molar-refractivity contribution in [2.24, 2.45) is 11.7 Å². The van der Waals surface area contributed by atoms with Crippen LogP contribution < -0.4 is 26.2 Å². The number of carbonyl (C=O) groups excluding carboxylic acids is 5. The number of benzene rings is 2. The van der Waals surface area contributed by atoms with Gasteiger partial charge < -0.3 is 30.9 Å². The van der Waals surface area contributed by atoms with Gasteiger partial charge in [-0.1, -0.05) is 18.2 Å². The molecule has 2 aromatic carbocycles. The molecule has 1 aromatic heterocycles. The van der Waals surface area contributed by atoms with Gasteiger partial charge in [-0.15, -0.1) is 10.2 Å². The molecule has 0 radical (unpaired) electrons. The van der Waals surface area contributed by atoms with E-state index in [0.29, 0.717) is 62.0 Å². The maximum Gasteiger partial charge on any atom is 0.273 e. The van der Waals surface area contributed by atoms with Gasteiger partial charge in [-0.25, -0.2) is 0 Å². The minimum Gasteiger partial charge on any atom is -0.371 e. The smallest absolute Gasteiger partial charge is 0.273 e. The third-order valence-corrected chi connectivity index (χ3v) is 11.8. The Morgan fingerprint density at radius 2 is 1.56 bits per heavy atom. The first-order valence-electron chi connectivity index (χ1n) is 19.3. The van der Waals surface area contributed by atoms with Crippen LogP contribution in [-0.4, -0.2) is 105 Å². The van der Waals surface area contributed by atoms with Crippen LogP contribution in [0.2, 0.25) is 0 Å². The summed E-state index contributed by atoms with van der Waals surface area (Å²) in [6, 6.07) is 12.5. The number of piperidine rings is 4. The highest BCUT2D eigenvalue weighted by atomic mass is 16.3.